The number of carbonyl (C=O) groups excluding carboxylic acids is 1. The van der Waals surface area contributed by atoms with Gasteiger partial charge in [0.05, 0.1) is 37.3 Å². The minimum Gasteiger partial charge on any atom is -0.491 e. The first-order chi connectivity index (χ1) is 22.6. The molecule has 1 fully saturated rings. The molecular weight excluding hydrogens is 584 g/mol. The van der Waals surface area contributed by atoms with Gasteiger partial charge in [0.2, 0.25) is 0 Å². The van der Waals surface area contributed by atoms with Crippen LogP contribution in [-0.2, 0) is 20.8 Å². The number of imidazole rings is 1. The largest absolute Gasteiger partial charge is 0.491 e. The van der Waals surface area contributed by atoms with Crippen LogP contribution in [0.15, 0.2) is 97.3 Å². The van der Waals surface area contributed by atoms with Crippen LogP contribution in [0.1, 0.15) is 5.56 Å². The highest BCUT2D eigenvalue weighted by molar-refractivity contribution is 5.87. The summed E-state index contributed by atoms with van der Waals surface area (Å²) in [6.07, 6.45) is 2.58. The number of ether oxygens (including phenoxy) is 5. The molecule has 0 bridgehead atoms. The summed E-state index contributed by atoms with van der Waals surface area (Å²) in [5.41, 5.74) is 3.98. The van der Waals surface area contributed by atoms with Crippen molar-refractivity contribution in [2.24, 2.45) is 0 Å². The third-order valence-corrected chi connectivity index (χ3v) is 8.22. The standard InChI is InChI=1S/C36H34N4O6/c1-42-16-17-44-28-14-15-40-30(20-37-34(40)19-28)29-13-12-26-8-5-9-31(35(26)38-29)46-33-22-39(21-32(33)43-2)36(41)45-23-24-10-11-25-6-3-4-7-27(25)18-24/h3-15,18-20,32-33H,16-17,21-23H2,1-2H3. The van der Waals surface area contributed by atoms with Crippen LogP contribution in [0.5, 0.6) is 11.5 Å². The maximum Gasteiger partial charge on any atom is 0.410 e. The lowest BCUT2D eigenvalue weighted by atomic mass is 10.1. The lowest BCUT2D eigenvalue weighted by molar-refractivity contribution is 0.0344. The van der Waals surface area contributed by atoms with Crippen molar-refractivity contribution in [2.75, 3.05) is 40.5 Å². The molecule has 3 aromatic heterocycles. The molecule has 1 amide bonds. The highest BCUT2D eigenvalue weighted by Gasteiger charge is 2.38. The van der Waals surface area contributed by atoms with E-state index in [-0.39, 0.29) is 12.7 Å². The Balaban J connectivity index is 1.07. The smallest absolute Gasteiger partial charge is 0.410 e. The summed E-state index contributed by atoms with van der Waals surface area (Å²) in [5, 5.41) is 3.19. The first-order valence-corrected chi connectivity index (χ1v) is 15.2. The van der Waals surface area contributed by atoms with Gasteiger partial charge in [-0.3, -0.25) is 4.40 Å². The predicted molar refractivity (Wildman–Crippen MR) is 174 cm³/mol. The van der Waals surface area contributed by atoms with Crippen molar-refractivity contribution in [3.05, 3.63) is 103 Å². The number of carbonyl (C=O) groups is 1. The Morgan fingerprint density at radius 1 is 0.870 bits per heavy atom. The third kappa shape index (κ3) is 6.04. The van der Waals surface area contributed by atoms with E-state index in [0.29, 0.717) is 37.6 Å². The summed E-state index contributed by atoms with van der Waals surface area (Å²) in [7, 11) is 3.27. The van der Waals surface area contributed by atoms with E-state index in [2.05, 4.69) is 11.1 Å². The summed E-state index contributed by atoms with van der Waals surface area (Å²) >= 11 is 0. The molecule has 234 valence electrons. The van der Waals surface area contributed by atoms with E-state index < -0.39 is 12.2 Å². The number of hydrogen-bond donors (Lipinski definition) is 0. The molecule has 2 atom stereocenters. The van der Waals surface area contributed by atoms with Gasteiger partial charge in [0, 0.05) is 31.9 Å². The zero-order valence-electron chi connectivity index (χ0n) is 25.7. The number of likely N-dealkylation sites (tertiary alicyclic amines) is 1. The van der Waals surface area contributed by atoms with Gasteiger partial charge in [0.1, 0.15) is 48.1 Å². The fraction of sp³-hybridized carbons (Fsp3) is 0.250. The number of hydrogen-bond acceptors (Lipinski definition) is 8. The Morgan fingerprint density at radius 2 is 1.70 bits per heavy atom. The van der Waals surface area contributed by atoms with E-state index in [1.807, 2.05) is 89.5 Å². The molecule has 0 aliphatic carbocycles. The quantitative estimate of drug-likeness (QED) is 0.169. The van der Waals surface area contributed by atoms with Crippen molar-refractivity contribution in [1.82, 2.24) is 19.3 Å². The normalized spacial score (nSPS) is 16.3. The molecule has 1 aliphatic heterocycles. The lowest BCUT2D eigenvalue weighted by Gasteiger charge is -2.19. The topological polar surface area (TPSA) is 96.7 Å². The Labute approximate surface area is 266 Å². The Hall–Kier alpha value is -5.19. The molecule has 3 aromatic carbocycles. The fourth-order valence-corrected chi connectivity index (χ4v) is 5.80. The van der Waals surface area contributed by atoms with Crippen LogP contribution in [-0.4, -0.2) is 78.1 Å². The van der Waals surface area contributed by atoms with Gasteiger partial charge in [-0.25, -0.2) is 14.8 Å². The van der Waals surface area contributed by atoms with Gasteiger partial charge >= 0.3 is 6.09 Å². The number of methoxy groups -OCH3 is 2. The van der Waals surface area contributed by atoms with Crippen LogP contribution in [0, 0.1) is 0 Å². The molecular formula is C36H34N4O6. The predicted octanol–water partition coefficient (Wildman–Crippen LogP) is 6.14. The summed E-state index contributed by atoms with van der Waals surface area (Å²) in [6, 6.07) is 27.8. The van der Waals surface area contributed by atoms with Gasteiger partial charge in [0.25, 0.3) is 0 Å². The van der Waals surface area contributed by atoms with Crippen molar-refractivity contribution >= 4 is 33.4 Å². The number of fused-ring (bicyclic) bond motifs is 3. The van der Waals surface area contributed by atoms with E-state index in [9.17, 15) is 4.79 Å². The second-order valence-corrected chi connectivity index (χ2v) is 11.2. The number of aromatic nitrogens is 3. The number of rotatable bonds is 10. The van der Waals surface area contributed by atoms with E-state index in [1.165, 1.54) is 0 Å². The molecule has 46 heavy (non-hydrogen) atoms. The molecule has 4 heterocycles. The molecule has 10 heteroatoms. The molecule has 0 saturated carbocycles. The average Bonchev–Trinajstić information content (AvgIpc) is 3.71. The number of amides is 1. The number of nitrogens with zero attached hydrogens (tertiary/aromatic N) is 4. The number of benzene rings is 3. The van der Waals surface area contributed by atoms with Crippen molar-refractivity contribution in [2.45, 2.75) is 18.8 Å². The highest BCUT2D eigenvalue weighted by atomic mass is 16.6. The fourth-order valence-electron chi connectivity index (χ4n) is 5.80. The van der Waals surface area contributed by atoms with Gasteiger partial charge in [0.15, 0.2) is 0 Å². The molecule has 0 radical (unpaired) electrons. The van der Waals surface area contributed by atoms with Crippen molar-refractivity contribution in [3.8, 4) is 22.9 Å². The first kappa shape index (κ1) is 29.5. The monoisotopic (exact) mass is 618 g/mol. The first-order valence-electron chi connectivity index (χ1n) is 15.2. The van der Waals surface area contributed by atoms with E-state index >= 15 is 0 Å². The highest BCUT2D eigenvalue weighted by Crippen LogP contribution is 2.31. The van der Waals surface area contributed by atoms with E-state index in [4.69, 9.17) is 28.7 Å². The van der Waals surface area contributed by atoms with Gasteiger partial charge < -0.3 is 28.6 Å². The summed E-state index contributed by atoms with van der Waals surface area (Å²) < 4.78 is 30.7. The second kappa shape index (κ2) is 13.0. The molecule has 6 aromatic rings. The zero-order chi connectivity index (χ0) is 31.5. The number of para-hydroxylation sites is 1. The Kier molecular flexibility index (Phi) is 8.37. The van der Waals surface area contributed by atoms with Crippen LogP contribution in [0.3, 0.4) is 0 Å². The Morgan fingerprint density at radius 3 is 2.57 bits per heavy atom. The van der Waals surface area contributed by atoms with Crippen LogP contribution < -0.4 is 9.47 Å². The second-order valence-electron chi connectivity index (χ2n) is 11.2. The maximum atomic E-state index is 13.1. The van der Waals surface area contributed by atoms with Gasteiger partial charge in [-0.15, -0.1) is 0 Å². The molecule has 2 unspecified atom stereocenters. The Bertz CT molecular complexity index is 2010. The van der Waals surface area contributed by atoms with Crippen LogP contribution >= 0.6 is 0 Å². The lowest BCUT2D eigenvalue weighted by Crippen LogP contribution is -2.32. The van der Waals surface area contributed by atoms with Crippen LogP contribution in [0.2, 0.25) is 0 Å². The zero-order valence-corrected chi connectivity index (χ0v) is 25.7. The summed E-state index contributed by atoms with van der Waals surface area (Å²) in [6.45, 7) is 1.85. The SMILES string of the molecule is COCCOc1ccn2c(-c3ccc4cccc(OC5CN(C(=O)OCc6ccc7ccccc7c6)CC5OC)c4n3)cnc2c1. The third-order valence-electron chi connectivity index (χ3n) is 8.22. The molecule has 10 nitrogen and oxygen atoms in total. The van der Waals surface area contributed by atoms with Crippen molar-refractivity contribution in [1.29, 1.82) is 0 Å². The minimum atomic E-state index is -0.403. The average molecular weight is 619 g/mol. The van der Waals surface area contributed by atoms with E-state index in [1.54, 1.807) is 25.3 Å². The van der Waals surface area contributed by atoms with Gasteiger partial charge in [-0.2, -0.15) is 0 Å². The molecule has 1 saturated heterocycles. The molecule has 0 spiro atoms. The summed E-state index contributed by atoms with van der Waals surface area (Å²) in [5.74, 6) is 1.33. The maximum absolute atomic E-state index is 13.1. The molecule has 7 rings (SSSR count). The molecule has 0 N–H and O–H groups in total. The van der Waals surface area contributed by atoms with Crippen LogP contribution in [0.4, 0.5) is 4.79 Å². The van der Waals surface area contributed by atoms with Gasteiger partial charge in [-0.05, 0) is 40.6 Å². The summed E-state index contributed by atoms with van der Waals surface area (Å²) in [4.78, 5) is 24.3. The minimum absolute atomic E-state index is 0.185. The number of pyridine rings is 2. The van der Waals surface area contributed by atoms with Crippen LogP contribution in [0.25, 0.3) is 38.7 Å². The van der Waals surface area contributed by atoms with Crippen molar-refractivity contribution in [3.63, 3.8) is 0 Å². The van der Waals surface area contributed by atoms with Gasteiger partial charge in [-0.1, -0.05) is 54.6 Å². The molecule has 1 aliphatic rings. The van der Waals surface area contributed by atoms with Crippen molar-refractivity contribution < 1.29 is 28.5 Å². The van der Waals surface area contributed by atoms with E-state index in [0.717, 1.165) is 44.5 Å².